The summed E-state index contributed by atoms with van der Waals surface area (Å²) >= 11 is 0. The minimum absolute atomic E-state index is 0.00401. The van der Waals surface area contributed by atoms with Crippen molar-refractivity contribution >= 4 is 52.9 Å². The van der Waals surface area contributed by atoms with Gasteiger partial charge in [0.2, 0.25) is 10.0 Å². The molecule has 1 heterocycles. The lowest BCUT2D eigenvalue weighted by atomic mass is 9.90. The molecule has 0 atom stereocenters. The number of hydrogen-bond donors (Lipinski definition) is 5. The van der Waals surface area contributed by atoms with Crippen LogP contribution in [0.1, 0.15) is 16.8 Å². The number of carboxylic acid groups (broad SMARTS) is 1. The van der Waals surface area contributed by atoms with Crippen LogP contribution in [0.2, 0.25) is 0 Å². The van der Waals surface area contributed by atoms with Crippen LogP contribution in [0.3, 0.4) is 0 Å². The summed E-state index contributed by atoms with van der Waals surface area (Å²) in [6, 6.07) is 10.5. The number of nitrogen functional groups attached to an aromatic ring is 1. The molecule has 17 heteroatoms. The van der Waals surface area contributed by atoms with Crippen molar-refractivity contribution in [1.29, 1.82) is 5.41 Å². The van der Waals surface area contributed by atoms with Crippen molar-refractivity contribution < 1.29 is 48.7 Å². The van der Waals surface area contributed by atoms with E-state index in [0.29, 0.717) is 0 Å². The maximum atomic E-state index is 13.7. The number of carboxylic acids is 1. The summed E-state index contributed by atoms with van der Waals surface area (Å²) in [4.78, 5) is 10.5. The Bertz CT molecular complexity index is 2070. The van der Waals surface area contributed by atoms with Crippen molar-refractivity contribution in [2.24, 2.45) is 0 Å². The molecular weight excluding hydrogens is 602 g/mol. The minimum Gasteiger partial charge on any atom is -0.478 e. The van der Waals surface area contributed by atoms with Gasteiger partial charge >= 0.3 is 5.97 Å². The van der Waals surface area contributed by atoms with Gasteiger partial charge in [0, 0.05) is 30.1 Å². The lowest BCUT2D eigenvalue weighted by Crippen LogP contribution is -2.30. The van der Waals surface area contributed by atoms with E-state index in [-0.39, 0.29) is 46.3 Å². The van der Waals surface area contributed by atoms with Crippen LogP contribution in [-0.2, 0) is 30.3 Å². The molecule has 0 aromatic heterocycles. The Labute approximate surface area is 234 Å². The van der Waals surface area contributed by atoms with Crippen molar-refractivity contribution in [2.75, 3.05) is 25.1 Å². The summed E-state index contributed by atoms with van der Waals surface area (Å²) in [7, 11) is -13.0. The fourth-order valence-electron chi connectivity index (χ4n) is 4.43. The molecule has 0 unspecified atom stereocenters. The zero-order valence-corrected chi connectivity index (χ0v) is 23.5. The molecule has 2 aromatic rings. The predicted octanol–water partition coefficient (Wildman–Crippen LogP) is 2.11. The maximum Gasteiger partial charge on any atom is 0.336 e. The summed E-state index contributed by atoms with van der Waals surface area (Å²) in [5.74, 6) is -2.71. The molecule has 2 aromatic carbocycles. The number of benzene rings is 3. The first-order chi connectivity index (χ1) is 18.9. The van der Waals surface area contributed by atoms with Gasteiger partial charge in [0.25, 0.3) is 20.2 Å². The smallest absolute Gasteiger partial charge is 0.336 e. The molecule has 0 bridgehead atoms. The van der Waals surface area contributed by atoms with Gasteiger partial charge in [-0.15, -0.1) is 0 Å². The van der Waals surface area contributed by atoms with Gasteiger partial charge in [0.05, 0.1) is 22.4 Å². The fraction of sp³-hybridized carbons (Fsp3) is 0.167. The fourth-order valence-corrected chi connectivity index (χ4v) is 7.09. The van der Waals surface area contributed by atoms with E-state index in [1.807, 2.05) is 0 Å². The number of nitrogens with zero attached hydrogens (tertiary/aromatic N) is 1. The van der Waals surface area contributed by atoms with E-state index >= 15 is 0 Å². The normalized spacial score (nSPS) is 12.8. The standard InChI is InChI=1S/C24H23N3O11S3/c1-27(11-4-12-39(30,31)32)40(33,34)22-17(25)9-7-15-19(13-5-2-3-6-14(13)24(28)29)16-8-10-18(26)23(41(35,36)37)21(16)38-20(15)22/h2-3,5-10,26H,4,11-12,25H2,1H3,(H,28,29)(H,30,31,32)(H,35,36,37). The number of carbonyl (C=O) groups is 1. The Kier molecular flexibility index (Phi) is 7.72. The summed E-state index contributed by atoms with van der Waals surface area (Å²) in [5.41, 5.74) is 5.00. The van der Waals surface area contributed by atoms with E-state index in [1.54, 1.807) is 0 Å². The second-order valence-electron chi connectivity index (χ2n) is 8.95. The topological polar surface area (TPSA) is 246 Å². The third kappa shape index (κ3) is 5.67. The molecule has 1 aliphatic heterocycles. The maximum absolute atomic E-state index is 13.7. The van der Waals surface area contributed by atoms with Gasteiger partial charge in [0.1, 0.15) is 4.90 Å². The molecular formula is C24H23N3O11S3. The molecule has 0 radical (unpaired) electrons. The quantitative estimate of drug-likeness (QED) is 0.102. The van der Waals surface area contributed by atoms with Crippen molar-refractivity contribution in [1.82, 2.24) is 4.31 Å². The Morgan fingerprint density at radius 2 is 1.61 bits per heavy atom. The number of hydrogen-bond acceptors (Lipinski definition) is 10. The third-order valence-corrected chi connectivity index (χ3v) is 9.89. The van der Waals surface area contributed by atoms with E-state index in [4.69, 9.17) is 20.1 Å². The molecule has 0 saturated carbocycles. The monoisotopic (exact) mass is 625 g/mol. The average molecular weight is 626 g/mol. The number of anilines is 1. The Hall–Kier alpha value is -3.87. The van der Waals surface area contributed by atoms with Gasteiger partial charge in [-0.05, 0) is 42.3 Å². The predicted molar refractivity (Wildman–Crippen MR) is 146 cm³/mol. The highest BCUT2D eigenvalue weighted by molar-refractivity contribution is 7.89. The Balaban J connectivity index is 2.18. The van der Waals surface area contributed by atoms with Gasteiger partial charge in [-0.3, -0.25) is 14.5 Å². The summed E-state index contributed by atoms with van der Waals surface area (Å²) < 4.78 is 99.8. The highest BCUT2D eigenvalue weighted by Crippen LogP contribution is 2.45. The van der Waals surface area contributed by atoms with Gasteiger partial charge in [-0.2, -0.15) is 16.8 Å². The van der Waals surface area contributed by atoms with Crippen LogP contribution in [0.5, 0.6) is 0 Å². The number of fused-ring (bicyclic) bond motifs is 2. The first kappa shape index (κ1) is 30.1. The SMILES string of the molecule is CN(CCCS(=O)(=O)O)S(=O)(=O)c1c(N)ccc2c(-c3ccccc3C(=O)O)c3ccc(=N)c(S(=O)(=O)O)c-3oc12. The lowest BCUT2D eigenvalue weighted by molar-refractivity contribution is 0.0697. The van der Waals surface area contributed by atoms with Crippen LogP contribution in [0.15, 0.2) is 62.7 Å². The van der Waals surface area contributed by atoms with Gasteiger partial charge in [-0.1, -0.05) is 18.2 Å². The zero-order valence-electron chi connectivity index (χ0n) is 21.1. The van der Waals surface area contributed by atoms with Crippen molar-refractivity contribution in [2.45, 2.75) is 16.2 Å². The summed E-state index contributed by atoms with van der Waals surface area (Å²) in [5, 5.41) is 17.3. The molecule has 1 aliphatic carbocycles. The number of aromatic carboxylic acids is 1. The number of sulfonamides is 1. The number of nitrogens with two attached hydrogens (primary N) is 1. The van der Waals surface area contributed by atoms with E-state index < -0.39 is 68.5 Å². The highest BCUT2D eigenvalue weighted by Gasteiger charge is 2.33. The second kappa shape index (κ2) is 10.5. The summed E-state index contributed by atoms with van der Waals surface area (Å²) in [6.07, 6.45) is -0.286. The molecule has 0 saturated heterocycles. The van der Waals surface area contributed by atoms with Crippen LogP contribution >= 0.6 is 0 Å². The molecule has 41 heavy (non-hydrogen) atoms. The van der Waals surface area contributed by atoms with Crippen molar-refractivity contribution in [3.63, 3.8) is 0 Å². The molecule has 0 amide bonds. The minimum atomic E-state index is -5.12. The molecule has 218 valence electrons. The molecule has 0 fully saturated rings. The van der Waals surface area contributed by atoms with E-state index in [9.17, 15) is 39.7 Å². The molecule has 2 aliphatic rings. The van der Waals surface area contributed by atoms with Crippen LogP contribution in [0.4, 0.5) is 5.69 Å². The Morgan fingerprint density at radius 1 is 0.951 bits per heavy atom. The van der Waals surface area contributed by atoms with E-state index in [1.165, 1.54) is 42.5 Å². The molecule has 4 rings (SSSR count). The van der Waals surface area contributed by atoms with E-state index in [0.717, 1.165) is 17.4 Å². The largest absolute Gasteiger partial charge is 0.478 e. The van der Waals surface area contributed by atoms with Crippen LogP contribution in [0, 0.1) is 5.41 Å². The molecule has 14 nitrogen and oxygen atoms in total. The van der Waals surface area contributed by atoms with E-state index in [2.05, 4.69) is 0 Å². The highest BCUT2D eigenvalue weighted by atomic mass is 32.2. The van der Waals surface area contributed by atoms with Gasteiger partial charge in [0.15, 0.2) is 16.2 Å². The second-order valence-corrected chi connectivity index (χ2v) is 13.9. The summed E-state index contributed by atoms with van der Waals surface area (Å²) in [6.45, 7) is -0.382. The molecule has 6 N–H and O–H groups in total. The van der Waals surface area contributed by atoms with Crippen molar-refractivity contribution in [3.05, 3.63) is 59.5 Å². The number of rotatable bonds is 9. The zero-order chi connectivity index (χ0) is 30.5. The van der Waals surface area contributed by atoms with Crippen molar-refractivity contribution in [3.8, 4) is 22.5 Å². The van der Waals surface area contributed by atoms with Crippen LogP contribution in [-0.4, -0.2) is 69.1 Å². The first-order valence-corrected chi connectivity index (χ1v) is 16.0. The van der Waals surface area contributed by atoms with Crippen LogP contribution in [0.25, 0.3) is 33.4 Å². The average Bonchev–Trinajstić information content (AvgIpc) is 2.85. The number of nitrogens with one attached hydrogen (secondary N) is 1. The Morgan fingerprint density at radius 3 is 2.22 bits per heavy atom. The first-order valence-electron chi connectivity index (χ1n) is 11.5. The third-order valence-electron chi connectivity index (χ3n) is 6.23. The van der Waals surface area contributed by atoms with Gasteiger partial charge in [-0.25, -0.2) is 17.5 Å². The van der Waals surface area contributed by atoms with Crippen LogP contribution < -0.4 is 11.1 Å². The van der Waals surface area contributed by atoms with Gasteiger partial charge < -0.3 is 15.3 Å². The molecule has 0 spiro atoms. The lowest BCUT2D eigenvalue weighted by Gasteiger charge is -2.22.